The molecule has 1 saturated heterocycles. The Hall–Kier alpha value is -2.50. The topological polar surface area (TPSA) is 67.0 Å². The highest BCUT2D eigenvalue weighted by atomic mass is 16.5. The zero-order chi connectivity index (χ0) is 21.0. The first-order chi connectivity index (χ1) is 13.2. The molecule has 1 atom stereocenters. The summed E-state index contributed by atoms with van der Waals surface area (Å²) in [6.07, 6.45) is 4.86. The third-order valence-corrected chi connectivity index (χ3v) is 5.52. The van der Waals surface area contributed by atoms with E-state index in [2.05, 4.69) is 43.7 Å². The Kier molecular flexibility index (Phi) is 7.11. The fraction of sp³-hybridized carbons (Fsp3) is 0.545. The molecule has 0 aromatic carbocycles. The number of nitrogens with two attached hydrogens (primary N) is 1. The maximum Gasteiger partial charge on any atom is 0.154 e. The molecule has 6 nitrogen and oxygen atoms in total. The van der Waals surface area contributed by atoms with Crippen molar-refractivity contribution in [2.24, 2.45) is 10.7 Å². The van der Waals surface area contributed by atoms with E-state index in [1.807, 2.05) is 27.0 Å². The number of rotatable bonds is 5. The second-order valence-electron chi connectivity index (χ2n) is 7.53. The van der Waals surface area contributed by atoms with Gasteiger partial charge in [-0.15, -0.1) is 0 Å². The molecule has 1 fully saturated rings. The number of methoxy groups -OCH3 is 1. The third kappa shape index (κ3) is 4.32. The Morgan fingerprint density at radius 3 is 2.68 bits per heavy atom. The van der Waals surface area contributed by atoms with E-state index in [0.717, 1.165) is 52.6 Å². The predicted molar refractivity (Wildman–Crippen MR) is 116 cm³/mol. The highest BCUT2D eigenvalue weighted by Crippen LogP contribution is 2.28. The first-order valence-corrected chi connectivity index (χ1v) is 9.92. The van der Waals surface area contributed by atoms with Gasteiger partial charge in [0.15, 0.2) is 5.84 Å². The molecular weight excluding hydrogens is 350 g/mol. The van der Waals surface area contributed by atoms with Gasteiger partial charge in [-0.3, -0.25) is 4.98 Å². The fourth-order valence-corrected chi connectivity index (χ4v) is 3.60. The largest absolute Gasteiger partial charge is 0.496 e. The van der Waals surface area contributed by atoms with Gasteiger partial charge >= 0.3 is 0 Å². The van der Waals surface area contributed by atoms with Crippen LogP contribution in [0.5, 0.6) is 5.75 Å². The molecule has 154 valence electrons. The van der Waals surface area contributed by atoms with Gasteiger partial charge in [-0.25, -0.2) is 4.99 Å². The summed E-state index contributed by atoms with van der Waals surface area (Å²) in [6, 6.07) is 0.274. The Balaban J connectivity index is 2.54. The quantitative estimate of drug-likeness (QED) is 0.836. The molecule has 1 aliphatic heterocycles. The number of nitrogens with zero attached hydrogens (tertiary/aromatic N) is 4. The average Bonchev–Trinajstić information content (AvgIpc) is 2.66. The van der Waals surface area contributed by atoms with E-state index in [1.54, 1.807) is 7.11 Å². The van der Waals surface area contributed by atoms with E-state index < -0.39 is 0 Å². The van der Waals surface area contributed by atoms with Crippen LogP contribution in [0.3, 0.4) is 0 Å². The van der Waals surface area contributed by atoms with Crippen molar-refractivity contribution in [2.45, 2.75) is 60.5 Å². The number of pyridine rings is 1. The number of aliphatic imine (C=N–C) groups is 1. The molecule has 6 heteroatoms. The molecule has 0 unspecified atom stereocenters. The van der Waals surface area contributed by atoms with Gasteiger partial charge < -0.3 is 20.3 Å². The van der Waals surface area contributed by atoms with Crippen LogP contribution in [0.2, 0.25) is 0 Å². The normalized spacial score (nSPS) is 21.4. The lowest BCUT2D eigenvalue weighted by Crippen LogP contribution is -2.52. The molecule has 1 aliphatic rings. The lowest BCUT2D eigenvalue weighted by atomic mass is 10.1. The van der Waals surface area contributed by atoms with Gasteiger partial charge in [-0.2, -0.15) is 0 Å². The summed E-state index contributed by atoms with van der Waals surface area (Å²) in [4.78, 5) is 14.1. The maximum atomic E-state index is 6.30. The van der Waals surface area contributed by atoms with Crippen LogP contribution in [0, 0.1) is 13.8 Å². The number of likely N-dealkylation sites (N-methyl/N-ethyl adjacent to an activating group) is 1. The Bertz CT molecular complexity index is 809. The number of allylic oxidation sites excluding steroid dienone is 2. The van der Waals surface area contributed by atoms with Crippen molar-refractivity contribution in [1.29, 1.82) is 0 Å². The van der Waals surface area contributed by atoms with Crippen LogP contribution in [-0.2, 0) is 6.54 Å². The van der Waals surface area contributed by atoms with Crippen LogP contribution < -0.4 is 10.5 Å². The van der Waals surface area contributed by atoms with Crippen LogP contribution in [0.15, 0.2) is 34.4 Å². The molecule has 1 aromatic heterocycles. The summed E-state index contributed by atoms with van der Waals surface area (Å²) in [6.45, 7) is 14.0. The van der Waals surface area contributed by atoms with Crippen molar-refractivity contribution in [1.82, 2.24) is 14.8 Å². The summed E-state index contributed by atoms with van der Waals surface area (Å²) in [5, 5.41) is 0. The molecule has 1 aromatic rings. The second-order valence-corrected chi connectivity index (χ2v) is 7.53. The molecule has 0 radical (unpaired) electrons. The van der Waals surface area contributed by atoms with E-state index in [4.69, 9.17) is 20.4 Å². The van der Waals surface area contributed by atoms with Crippen molar-refractivity contribution >= 4 is 5.84 Å². The van der Waals surface area contributed by atoms with Gasteiger partial charge in [-0.1, -0.05) is 13.0 Å². The van der Waals surface area contributed by atoms with Gasteiger partial charge in [-0.05, 0) is 46.6 Å². The first-order valence-electron chi connectivity index (χ1n) is 9.92. The van der Waals surface area contributed by atoms with Gasteiger partial charge in [0.25, 0.3) is 0 Å². The summed E-state index contributed by atoms with van der Waals surface area (Å²) < 4.78 is 5.59. The third-order valence-electron chi connectivity index (χ3n) is 5.52. The minimum Gasteiger partial charge on any atom is -0.496 e. The van der Waals surface area contributed by atoms with E-state index in [9.17, 15) is 0 Å². The van der Waals surface area contributed by atoms with E-state index in [-0.39, 0.29) is 6.04 Å². The van der Waals surface area contributed by atoms with Crippen LogP contribution in [0.4, 0.5) is 0 Å². The smallest absolute Gasteiger partial charge is 0.154 e. The molecule has 0 spiro atoms. The zero-order valence-corrected chi connectivity index (χ0v) is 18.6. The number of hydrogen-bond donors (Lipinski definition) is 1. The number of aryl methyl sites for hydroxylation is 1. The maximum absolute atomic E-state index is 6.30. The number of aromatic nitrogens is 1. The Morgan fingerprint density at radius 2 is 2.11 bits per heavy atom. The molecule has 0 bridgehead atoms. The minimum atomic E-state index is 0.274. The first kappa shape index (κ1) is 21.8. The number of piperazine rings is 1. The SMILES string of the molecule is C\C=C1/C(=N\C(N)=C(/C)CC)N(Cc2ncc(C)c(OC)c2C)[C@@H](C)CN1C. The van der Waals surface area contributed by atoms with Crippen molar-refractivity contribution in [3.8, 4) is 5.75 Å². The summed E-state index contributed by atoms with van der Waals surface area (Å²) in [7, 11) is 3.81. The van der Waals surface area contributed by atoms with Crippen LogP contribution in [-0.4, -0.2) is 47.4 Å². The number of ether oxygens (including phenoxy) is 1. The van der Waals surface area contributed by atoms with Crippen molar-refractivity contribution in [2.75, 3.05) is 20.7 Å². The average molecular weight is 386 g/mol. The van der Waals surface area contributed by atoms with E-state index >= 15 is 0 Å². The zero-order valence-electron chi connectivity index (χ0n) is 18.6. The number of amidine groups is 1. The summed E-state index contributed by atoms with van der Waals surface area (Å²) in [5.74, 6) is 2.39. The van der Waals surface area contributed by atoms with Crippen LogP contribution in [0.1, 0.15) is 50.9 Å². The predicted octanol–water partition coefficient (Wildman–Crippen LogP) is 3.75. The second kappa shape index (κ2) is 9.13. The lowest BCUT2D eigenvalue weighted by molar-refractivity contribution is 0.223. The van der Waals surface area contributed by atoms with E-state index in [1.165, 1.54) is 0 Å². The number of hydrogen-bond acceptors (Lipinski definition) is 5. The Labute approximate surface area is 169 Å². The van der Waals surface area contributed by atoms with Gasteiger partial charge in [0, 0.05) is 37.0 Å². The highest BCUT2D eigenvalue weighted by Gasteiger charge is 2.31. The van der Waals surface area contributed by atoms with Gasteiger partial charge in [0.2, 0.25) is 0 Å². The fourth-order valence-electron chi connectivity index (χ4n) is 3.60. The van der Waals surface area contributed by atoms with Crippen LogP contribution >= 0.6 is 0 Å². The van der Waals surface area contributed by atoms with Crippen molar-refractivity contribution < 1.29 is 4.74 Å². The Morgan fingerprint density at radius 1 is 1.43 bits per heavy atom. The van der Waals surface area contributed by atoms with Crippen molar-refractivity contribution in [3.63, 3.8) is 0 Å². The van der Waals surface area contributed by atoms with Gasteiger partial charge in [0.05, 0.1) is 25.0 Å². The minimum absolute atomic E-state index is 0.274. The molecular formula is C22H35N5O. The molecule has 2 N–H and O–H groups in total. The molecule has 0 amide bonds. The highest BCUT2D eigenvalue weighted by molar-refractivity contribution is 5.99. The van der Waals surface area contributed by atoms with Crippen molar-refractivity contribution in [3.05, 3.63) is 46.2 Å². The van der Waals surface area contributed by atoms with Crippen LogP contribution in [0.25, 0.3) is 0 Å². The lowest BCUT2D eigenvalue weighted by Gasteiger charge is -2.43. The standard InChI is InChI=1S/C22H35N5O/c1-9-14(3)21(23)25-22-19(10-2)26(7)12-16(5)27(22)13-18-17(6)20(28-8)15(4)11-24-18/h10-11,16H,9,12-13,23H2,1-8H3/b19-10+,21-14+,25-22+/t16-/m0/s1. The molecule has 28 heavy (non-hydrogen) atoms. The van der Waals surface area contributed by atoms with Gasteiger partial charge in [0.1, 0.15) is 11.6 Å². The monoisotopic (exact) mass is 385 g/mol. The molecule has 0 aliphatic carbocycles. The molecule has 0 saturated carbocycles. The summed E-state index contributed by atoms with van der Waals surface area (Å²) >= 11 is 0. The summed E-state index contributed by atoms with van der Waals surface area (Å²) in [5.41, 5.74) is 11.6. The molecule has 2 heterocycles. The molecule has 2 rings (SSSR count). The van der Waals surface area contributed by atoms with E-state index in [0.29, 0.717) is 12.4 Å².